The number of nitrogens with zero attached hydrogens (tertiary/aromatic N) is 3. The first-order chi connectivity index (χ1) is 11.5. The number of ether oxygens (including phenoxy) is 1. The molecule has 0 spiro atoms. The normalized spacial score (nSPS) is 10.8. The van der Waals surface area contributed by atoms with Gasteiger partial charge in [-0.15, -0.1) is 5.10 Å². The predicted octanol–water partition coefficient (Wildman–Crippen LogP) is 2.87. The van der Waals surface area contributed by atoms with Crippen LogP contribution in [0.1, 0.15) is 11.5 Å². The fourth-order valence-corrected chi connectivity index (χ4v) is 2.38. The summed E-state index contributed by atoms with van der Waals surface area (Å²) in [6.45, 7) is 0.366. The van der Waals surface area contributed by atoms with E-state index in [1.54, 1.807) is 24.4 Å². The second kappa shape index (κ2) is 6.94. The Morgan fingerprint density at radius 2 is 2.12 bits per heavy atom. The van der Waals surface area contributed by atoms with Crippen molar-refractivity contribution in [3.05, 3.63) is 68.4 Å². The third kappa shape index (κ3) is 3.87. The summed E-state index contributed by atoms with van der Waals surface area (Å²) < 4.78 is 12.2. The van der Waals surface area contributed by atoms with E-state index in [0.29, 0.717) is 27.2 Å². The van der Waals surface area contributed by atoms with Crippen molar-refractivity contribution in [2.24, 2.45) is 0 Å². The Kier molecular flexibility index (Phi) is 4.73. The van der Waals surface area contributed by atoms with E-state index in [4.69, 9.17) is 37.5 Å². The molecule has 0 bridgehead atoms. The molecule has 0 amide bonds. The SMILES string of the molecule is O=c1cc(Cn2cc(COc3ccc(Cl)cc3Cl)nn2)occ1O. The molecule has 24 heavy (non-hydrogen) atoms. The fourth-order valence-electron chi connectivity index (χ4n) is 1.91. The molecule has 0 saturated carbocycles. The first-order valence-corrected chi connectivity index (χ1v) is 7.54. The van der Waals surface area contributed by atoms with Crippen molar-refractivity contribution in [3.8, 4) is 11.5 Å². The molecule has 1 N–H and O–H groups in total. The maximum absolute atomic E-state index is 11.4. The third-order valence-electron chi connectivity index (χ3n) is 3.04. The van der Waals surface area contributed by atoms with E-state index < -0.39 is 11.2 Å². The van der Waals surface area contributed by atoms with E-state index in [2.05, 4.69) is 10.3 Å². The number of benzene rings is 1. The second-order valence-corrected chi connectivity index (χ2v) is 5.71. The van der Waals surface area contributed by atoms with Crippen molar-refractivity contribution in [1.82, 2.24) is 15.0 Å². The van der Waals surface area contributed by atoms with Crippen LogP contribution in [0.25, 0.3) is 0 Å². The molecule has 0 unspecified atom stereocenters. The van der Waals surface area contributed by atoms with E-state index in [1.807, 2.05) is 0 Å². The maximum Gasteiger partial charge on any atom is 0.226 e. The van der Waals surface area contributed by atoms with Gasteiger partial charge in [-0.3, -0.25) is 4.79 Å². The lowest BCUT2D eigenvalue weighted by Crippen LogP contribution is -2.05. The second-order valence-electron chi connectivity index (χ2n) is 4.87. The van der Waals surface area contributed by atoms with Crippen LogP contribution in [0.4, 0.5) is 0 Å². The van der Waals surface area contributed by atoms with Gasteiger partial charge in [0.05, 0.1) is 11.2 Å². The standard InChI is InChI=1S/C15H11Cl2N3O4/c16-9-1-2-15(12(17)3-9)24-7-10-5-20(19-18-10)6-11-4-13(21)14(22)8-23-11/h1-5,8,22H,6-7H2. The predicted molar refractivity (Wildman–Crippen MR) is 86.6 cm³/mol. The molecule has 7 nitrogen and oxygen atoms in total. The molecule has 0 fully saturated rings. The van der Waals surface area contributed by atoms with Crippen LogP contribution in [0.3, 0.4) is 0 Å². The summed E-state index contributed by atoms with van der Waals surface area (Å²) >= 11 is 11.8. The van der Waals surface area contributed by atoms with Gasteiger partial charge in [-0.05, 0) is 18.2 Å². The highest BCUT2D eigenvalue weighted by Gasteiger charge is 2.08. The van der Waals surface area contributed by atoms with Gasteiger partial charge >= 0.3 is 0 Å². The average molecular weight is 368 g/mol. The molecule has 0 radical (unpaired) electrons. The number of aromatic hydroxyl groups is 1. The van der Waals surface area contributed by atoms with E-state index >= 15 is 0 Å². The van der Waals surface area contributed by atoms with Crippen molar-refractivity contribution < 1.29 is 14.3 Å². The summed E-state index contributed by atoms with van der Waals surface area (Å²) in [4.78, 5) is 11.4. The van der Waals surface area contributed by atoms with Crippen LogP contribution in [0.5, 0.6) is 11.5 Å². The monoisotopic (exact) mass is 367 g/mol. The van der Waals surface area contributed by atoms with Gasteiger partial charge in [0, 0.05) is 11.1 Å². The van der Waals surface area contributed by atoms with Gasteiger partial charge in [0.1, 0.15) is 36.6 Å². The van der Waals surface area contributed by atoms with Crippen LogP contribution in [-0.2, 0) is 13.2 Å². The average Bonchev–Trinajstić information content (AvgIpc) is 2.98. The largest absolute Gasteiger partial charge is 0.502 e. The van der Waals surface area contributed by atoms with Gasteiger partial charge in [-0.2, -0.15) is 0 Å². The minimum atomic E-state index is -0.516. The Bertz CT molecular complexity index is 923. The lowest BCUT2D eigenvalue weighted by Gasteiger charge is -2.06. The van der Waals surface area contributed by atoms with E-state index in [1.165, 1.54) is 10.7 Å². The zero-order valence-corrected chi connectivity index (χ0v) is 13.7. The lowest BCUT2D eigenvalue weighted by molar-refractivity contribution is 0.301. The van der Waals surface area contributed by atoms with Crippen molar-refractivity contribution in [3.63, 3.8) is 0 Å². The molecular weight excluding hydrogens is 357 g/mol. The van der Waals surface area contributed by atoms with Crippen LogP contribution >= 0.6 is 23.2 Å². The maximum atomic E-state index is 11.4. The number of hydrogen-bond acceptors (Lipinski definition) is 6. The van der Waals surface area contributed by atoms with Crippen molar-refractivity contribution in [2.45, 2.75) is 13.2 Å². The Morgan fingerprint density at radius 1 is 1.29 bits per heavy atom. The molecule has 0 aliphatic carbocycles. The molecule has 3 rings (SSSR count). The number of hydrogen-bond donors (Lipinski definition) is 1. The number of halogens is 2. The van der Waals surface area contributed by atoms with Crippen LogP contribution in [-0.4, -0.2) is 20.1 Å². The topological polar surface area (TPSA) is 90.4 Å². The van der Waals surface area contributed by atoms with E-state index in [9.17, 15) is 4.79 Å². The first-order valence-electron chi connectivity index (χ1n) is 6.79. The molecule has 2 aromatic heterocycles. The van der Waals surface area contributed by atoms with Crippen molar-refractivity contribution in [2.75, 3.05) is 0 Å². The molecular formula is C15H11Cl2N3O4. The summed E-state index contributed by atoms with van der Waals surface area (Å²) in [5.74, 6) is 0.391. The molecule has 3 aromatic rings. The first kappa shape index (κ1) is 16.4. The summed E-state index contributed by atoms with van der Waals surface area (Å²) in [5.41, 5.74) is 0.0550. The van der Waals surface area contributed by atoms with Gasteiger partial charge in [0.25, 0.3) is 0 Å². The Balaban J connectivity index is 1.65. The Labute approximate surface area is 146 Å². The molecule has 0 atom stereocenters. The highest BCUT2D eigenvalue weighted by Crippen LogP contribution is 2.27. The Morgan fingerprint density at radius 3 is 2.88 bits per heavy atom. The molecule has 1 aromatic carbocycles. The summed E-state index contributed by atoms with van der Waals surface area (Å²) in [5, 5.41) is 18.0. The number of rotatable bonds is 5. The van der Waals surface area contributed by atoms with E-state index in [-0.39, 0.29) is 13.2 Å². The smallest absolute Gasteiger partial charge is 0.226 e. The lowest BCUT2D eigenvalue weighted by atomic mass is 10.3. The van der Waals surface area contributed by atoms with Crippen molar-refractivity contribution >= 4 is 23.2 Å². The van der Waals surface area contributed by atoms with Gasteiger partial charge in [-0.1, -0.05) is 28.4 Å². The van der Waals surface area contributed by atoms with Gasteiger partial charge in [0.15, 0.2) is 5.75 Å². The summed E-state index contributed by atoms with van der Waals surface area (Å²) in [6, 6.07) is 6.12. The molecule has 0 aliphatic rings. The molecule has 9 heteroatoms. The van der Waals surface area contributed by atoms with Gasteiger partial charge < -0.3 is 14.3 Å². The third-order valence-corrected chi connectivity index (χ3v) is 3.57. The van der Waals surface area contributed by atoms with Crippen LogP contribution in [0, 0.1) is 0 Å². The number of aromatic nitrogens is 3. The van der Waals surface area contributed by atoms with Crippen LogP contribution in [0.15, 0.2) is 45.9 Å². The minimum absolute atomic E-state index is 0.168. The zero-order valence-electron chi connectivity index (χ0n) is 12.1. The van der Waals surface area contributed by atoms with E-state index in [0.717, 1.165) is 6.26 Å². The highest BCUT2D eigenvalue weighted by molar-refractivity contribution is 6.35. The molecule has 124 valence electrons. The van der Waals surface area contributed by atoms with Crippen molar-refractivity contribution in [1.29, 1.82) is 0 Å². The van der Waals surface area contributed by atoms with Gasteiger partial charge in [-0.25, -0.2) is 4.68 Å². The highest BCUT2D eigenvalue weighted by atomic mass is 35.5. The minimum Gasteiger partial charge on any atom is -0.502 e. The quantitative estimate of drug-likeness (QED) is 0.745. The van der Waals surface area contributed by atoms with Crippen LogP contribution in [0.2, 0.25) is 10.0 Å². The summed E-state index contributed by atoms with van der Waals surface area (Å²) in [6.07, 6.45) is 2.64. The van der Waals surface area contributed by atoms with Gasteiger partial charge in [0.2, 0.25) is 5.43 Å². The summed E-state index contributed by atoms with van der Waals surface area (Å²) in [7, 11) is 0. The fraction of sp³-hybridized carbons (Fsp3) is 0.133. The molecule has 0 aliphatic heterocycles. The zero-order chi connectivity index (χ0) is 17.1. The molecule has 0 saturated heterocycles. The molecule has 2 heterocycles. The van der Waals surface area contributed by atoms with Crippen LogP contribution < -0.4 is 10.2 Å². The Hall–Kier alpha value is -2.51.